The highest BCUT2D eigenvalue weighted by Gasteiger charge is 1.59. The van der Waals surface area contributed by atoms with Crippen LogP contribution in [0.4, 0.5) is 0 Å². The lowest BCUT2D eigenvalue weighted by atomic mass is 10.7. The fraction of sp³-hybridized carbons (Fsp3) is 0. The molecule has 0 fully saturated rings. The summed E-state index contributed by atoms with van der Waals surface area (Å²) in [6.45, 7) is 2.71. The molecule has 0 aliphatic carbocycles. The van der Waals surface area contributed by atoms with E-state index in [0.29, 0.717) is 0 Å². The Labute approximate surface area is 65.9 Å². The zero-order valence-electron chi connectivity index (χ0n) is 5.62. The van der Waals surface area contributed by atoms with Gasteiger partial charge >= 0.3 is 0 Å². The summed E-state index contributed by atoms with van der Waals surface area (Å²) >= 11 is 0. The predicted molar refractivity (Wildman–Crippen MR) is 41.9 cm³/mol. The Morgan fingerprint density at radius 1 is 1.27 bits per heavy atom. The Bertz CT molecular complexity index is 225. The van der Waals surface area contributed by atoms with Gasteiger partial charge < -0.3 is 0 Å². The van der Waals surface area contributed by atoms with Gasteiger partial charge in [-0.1, -0.05) is 0 Å². The average molecular weight is 173 g/mol. The van der Waals surface area contributed by atoms with Crippen molar-refractivity contribution in [3.63, 3.8) is 0 Å². The quantitative estimate of drug-likeness (QED) is 0.467. The van der Waals surface area contributed by atoms with E-state index in [2.05, 4.69) is 21.1 Å². The second kappa shape index (κ2) is 6.81. The van der Waals surface area contributed by atoms with Gasteiger partial charge in [0.05, 0.1) is 0 Å². The van der Waals surface area contributed by atoms with E-state index in [4.69, 9.17) is 0 Å². The molecule has 0 unspecified atom stereocenters. The van der Waals surface area contributed by atoms with Crippen molar-refractivity contribution in [3.05, 3.63) is 24.8 Å². The number of aromatic nitrogens is 2. The summed E-state index contributed by atoms with van der Waals surface area (Å²) in [7, 11) is -2.58. The first-order valence-corrected chi connectivity index (χ1v) is 3.71. The predicted octanol–water partition coefficient (Wildman–Crippen LogP) is -0.310. The van der Waals surface area contributed by atoms with Crippen LogP contribution in [0, 0.1) is 0 Å². The molecule has 1 aromatic rings. The third-order valence-corrected chi connectivity index (χ3v) is 0.824. The standard InChI is InChI=1S/C4H4N2.CH3NO2S/c1-2-5-4-6-3-1;1-2-5(3)4/h1-4H;5H,1H2. The van der Waals surface area contributed by atoms with E-state index < -0.39 is 10.9 Å². The minimum atomic E-state index is -2.58. The molecule has 0 saturated carbocycles. The number of rotatable bonds is 1. The molecule has 6 heteroatoms. The molecule has 1 aromatic heterocycles. The van der Waals surface area contributed by atoms with E-state index in [1.165, 1.54) is 6.33 Å². The summed E-state index contributed by atoms with van der Waals surface area (Å²) in [5.41, 5.74) is 0. The number of hydrogen-bond acceptors (Lipinski definition) is 4. The van der Waals surface area contributed by atoms with Crippen LogP contribution >= 0.6 is 0 Å². The Morgan fingerprint density at radius 3 is 1.82 bits per heavy atom. The number of nitrogens with zero attached hydrogens (tertiary/aromatic N) is 3. The Kier molecular flexibility index (Phi) is 6.01. The molecule has 0 N–H and O–H groups in total. The Morgan fingerprint density at radius 2 is 1.73 bits per heavy atom. The van der Waals surface area contributed by atoms with Crippen LogP contribution in [0.15, 0.2) is 29.2 Å². The summed E-state index contributed by atoms with van der Waals surface area (Å²) in [5.74, 6) is 0. The van der Waals surface area contributed by atoms with Crippen LogP contribution in [-0.2, 0) is 10.9 Å². The second-order valence-electron chi connectivity index (χ2n) is 1.28. The average Bonchev–Trinajstić information content (AvgIpc) is 2.09. The van der Waals surface area contributed by atoms with Gasteiger partial charge in [0, 0.05) is 19.1 Å². The molecule has 5 nitrogen and oxygen atoms in total. The lowest BCUT2D eigenvalue weighted by Gasteiger charge is -1.70. The van der Waals surface area contributed by atoms with Gasteiger partial charge in [-0.25, -0.2) is 18.4 Å². The first kappa shape index (κ1) is 9.70. The molecule has 60 valence electrons. The maximum Gasteiger partial charge on any atom is 0.242 e. The van der Waals surface area contributed by atoms with E-state index in [0.717, 1.165) is 0 Å². The Balaban J connectivity index is 0.000000187. The minimum absolute atomic E-state index is 1.50. The van der Waals surface area contributed by atoms with Crippen molar-refractivity contribution >= 4 is 17.6 Å². The molecule has 1 heterocycles. The molecule has 0 aromatic carbocycles. The smallest absolute Gasteiger partial charge is 0.242 e. The monoisotopic (exact) mass is 173 g/mol. The zero-order chi connectivity index (χ0) is 8.53. The van der Waals surface area contributed by atoms with E-state index >= 15 is 0 Å². The normalized spacial score (nSPS) is 8.09. The first-order valence-electron chi connectivity index (χ1n) is 2.58. The molecule has 0 atom stereocenters. The highest BCUT2D eigenvalue weighted by molar-refractivity contribution is 7.71. The third-order valence-electron chi connectivity index (χ3n) is 0.593. The lowest BCUT2D eigenvalue weighted by Crippen LogP contribution is -1.66. The van der Waals surface area contributed by atoms with E-state index in [1.54, 1.807) is 18.5 Å². The summed E-state index contributed by atoms with van der Waals surface area (Å²) < 4.78 is 20.9. The topological polar surface area (TPSA) is 72.3 Å². The van der Waals surface area contributed by atoms with Crippen molar-refractivity contribution in [2.45, 2.75) is 0 Å². The molecule has 0 aliphatic heterocycles. The molecular formula is C5H7N3O2S. The van der Waals surface area contributed by atoms with E-state index in [-0.39, 0.29) is 0 Å². The van der Waals surface area contributed by atoms with Crippen molar-refractivity contribution in [2.75, 3.05) is 0 Å². The second-order valence-corrected chi connectivity index (χ2v) is 2.04. The third kappa shape index (κ3) is 8.70. The minimum Gasteiger partial charge on any atom is -0.245 e. The van der Waals surface area contributed by atoms with Crippen molar-refractivity contribution < 1.29 is 8.42 Å². The molecule has 1 rings (SSSR count). The van der Waals surface area contributed by atoms with Crippen molar-refractivity contribution in [1.29, 1.82) is 0 Å². The number of hydrogen-bond donors (Lipinski definition) is 1. The zero-order valence-corrected chi connectivity index (χ0v) is 6.52. The number of thiol groups is 1. The molecule has 0 radical (unpaired) electrons. The molecule has 0 saturated heterocycles. The van der Waals surface area contributed by atoms with Crippen LogP contribution < -0.4 is 0 Å². The van der Waals surface area contributed by atoms with Crippen LogP contribution in [0.1, 0.15) is 0 Å². The molecule has 0 spiro atoms. The maximum absolute atomic E-state index is 9.18. The van der Waals surface area contributed by atoms with Gasteiger partial charge in [0.2, 0.25) is 10.9 Å². The lowest BCUT2D eigenvalue weighted by molar-refractivity contribution is 0.616. The summed E-state index contributed by atoms with van der Waals surface area (Å²) in [5, 5.41) is 0. The highest BCUT2D eigenvalue weighted by Crippen LogP contribution is 1.66. The maximum atomic E-state index is 9.18. The van der Waals surface area contributed by atoms with Gasteiger partial charge in [-0.05, 0) is 6.07 Å². The van der Waals surface area contributed by atoms with Gasteiger partial charge in [-0.2, -0.15) is 4.40 Å². The van der Waals surface area contributed by atoms with E-state index in [9.17, 15) is 8.42 Å². The van der Waals surface area contributed by atoms with Crippen molar-refractivity contribution in [2.24, 2.45) is 4.40 Å². The van der Waals surface area contributed by atoms with Crippen LogP contribution in [0.25, 0.3) is 0 Å². The Hall–Kier alpha value is -1.30. The van der Waals surface area contributed by atoms with Gasteiger partial charge in [0.15, 0.2) is 0 Å². The van der Waals surface area contributed by atoms with Crippen LogP contribution in [0.5, 0.6) is 0 Å². The van der Waals surface area contributed by atoms with Crippen LogP contribution in [0.3, 0.4) is 0 Å². The molecule has 11 heavy (non-hydrogen) atoms. The molecular weight excluding hydrogens is 166 g/mol. The van der Waals surface area contributed by atoms with Crippen molar-refractivity contribution in [3.8, 4) is 0 Å². The fourth-order valence-electron chi connectivity index (χ4n) is 0.253. The summed E-state index contributed by atoms with van der Waals surface area (Å²) in [6.07, 6.45) is 4.88. The summed E-state index contributed by atoms with van der Waals surface area (Å²) in [6, 6.07) is 1.78. The first-order chi connectivity index (χ1) is 5.27. The van der Waals surface area contributed by atoms with Gasteiger partial charge in [0.1, 0.15) is 6.33 Å². The van der Waals surface area contributed by atoms with Crippen LogP contribution in [-0.4, -0.2) is 25.1 Å². The highest BCUT2D eigenvalue weighted by atomic mass is 32.2. The SMILES string of the molecule is C=N[SH](=O)=O.c1cncnc1. The molecule has 0 amide bonds. The largest absolute Gasteiger partial charge is 0.245 e. The molecule has 0 aliphatic rings. The van der Waals surface area contributed by atoms with Gasteiger partial charge in [0.25, 0.3) is 0 Å². The van der Waals surface area contributed by atoms with Gasteiger partial charge in [-0.15, -0.1) is 0 Å². The van der Waals surface area contributed by atoms with E-state index in [1.807, 2.05) is 0 Å². The van der Waals surface area contributed by atoms with Crippen LogP contribution in [0.2, 0.25) is 0 Å². The summed E-state index contributed by atoms with van der Waals surface area (Å²) in [4.78, 5) is 7.35. The fourth-order valence-corrected chi connectivity index (χ4v) is 0.253. The van der Waals surface area contributed by atoms with Gasteiger partial charge in [-0.3, -0.25) is 0 Å². The van der Waals surface area contributed by atoms with Crippen molar-refractivity contribution in [1.82, 2.24) is 9.97 Å². The molecule has 0 bridgehead atoms.